The first kappa shape index (κ1) is 9.25. The third-order valence-corrected chi connectivity index (χ3v) is 1.93. The van der Waals surface area contributed by atoms with E-state index >= 15 is 0 Å². The molecule has 1 rings (SSSR count). The van der Waals surface area contributed by atoms with Crippen molar-refractivity contribution in [3.63, 3.8) is 0 Å². The van der Waals surface area contributed by atoms with E-state index in [0.717, 1.165) is 12.3 Å². The highest BCUT2D eigenvalue weighted by Crippen LogP contribution is 2.21. The fourth-order valence-corrected chi connectivity index (χ4v) is 0.994. The zero-order chi connectivity index (χ0) is 9.14. The summed E-state index contributed by atoms with van der Waals surface area (Å²) in [6.07, 6.45) is -1.09. The molecule has 64 valence electrons. The van der Waals surface area contributed by atoms with Gasteiger partial charge in [0.1, 0.15) is 4.60 Å². The summed E-state index contributed by atoms with van der Waals surface area (Å²) in [5.74, 6) is 0. The molecule has 0 saturated heterocycles. The van der Waals surface area contributed by atoms with Gasteiger partial charge >= 0.3 is 0 Å². The quantitative estimate of drug-likeness (QED) is 0.583. The largest absolute Gasteiger partial charge is 0.298 e. The van der Waals surface area contributed by atoms with Crippen molar-refractivity contribution in [1.29, 1.82) is 0 Å². The smallest absolute Gasteiger partial charge is 0.265 e. The van der Waals surface area contributed by atoms with Crippen molar-refractivity contribution < 1.29 is 13.6 Å². The maximum atomic E-state index is 12.0. The van der Waals surface area contributed by atoms with Gasteiger partial charge in [0.25, 0.3) is 6.43 Å². The molecule has 5 heteroatoms. The van der Waals surface area contributed by atoms with Gasteiger partial charge < -0.3 is 0 Å². The van der Waals surface area contributed by atoms with Crippen LogP contribution in [0.2, 0.25) is 0 Å². The average Bonchev–Trinajstić information content (AvgIpc) is 2.05. The highest BCUT2D eigenvalue weighted by atomic mass is 79.9. The Balaban J connectivity index is 3.13. The molecule has 2 nitrogen and oxygen atoms in total. The zero-order valence-corrected chi connectivity index (χ0v) is 7.38. The van der Waals surface area contributed by atoms with Crippen LogP contribution in [0.1, 0.15) is 22.3 Å². The Labute approximate surface area is 75.7 Å². The molecular weight excluding hydrogens is 232 g/mol. The van der Waals surface area contributed by atoms with Crippen LogP contribution in [0.5, 0.6) is 0 Å². The number of aromatic nitrogens is 1. The summed E-state index contributed by atoms with van der Waals surface area (Å²) >= 11 is 2.95. The molecular formula is C7H4BrF2NO. The summed E-state index contributed by atoms with van der Waals surface area (Å²) in [5, 5.41) is 0. The Morgan fingerprint density at radius 3 is 2.75 bits per heavy atom. The second kappa shape index (κ2) is 3.71. The van der Waals surface area contributed by atoms with E-state index in [-0.39, 0.29) is 15.7 Å². The normalized spacial score (nSPS) is 10.3. The minimum Gasteiger partial charge on any atom is -0.298 e. The Hall–Kier alpha value is -0.840. The van der Waals surface area contributed by atoms with Gasteiger partial charge in [-0.15, -0.1) is 0 Å². The molecule has 0 aromatic carbocycles. The number of carbonyl (C=O) groups is 1. The van der Waals surface area contributed by atoms with E-state index in [9.17, 15) is 13.6 Å². The van der Waals surface area contributed by atoms with Crippen molar-refractivity contribution in [3.8, 4) is 0 Å². The Kier molecular flexibility index (Phi) is 2.86. The minimum absolute atomic E-state index is 0.132. The van der Waals surface area contributed by atoms with E-state index < -0.39 is 6.43 Å². The number of halogens is 3. The van der Waals surface area contributed by atoms with Crippen LogP contribution >= 0.6 is 15.9 Å². The van der Waals surface area contributed by atoms with Crippen LogP contribution in [-0.4, -0.2) is 11.3 Å². The van der Waals surface area contributed by atoms with Crippen LogP contribution in [0.3, 0.4) is 0 Å². The SMILES string of the molecule is O=Cc1cc(C(F)F)cnc1Br. The predicted octanol–water partition coefficient (Wildman–Crippen LogP) is 2.59. The Bertz CT molecular complexity index is 303. The van der Waals surface area contributed by atoms with E-state index in [4.69, 9.17) is 0 Å². The van der Waals surface area contributed by atoms with E-state index in [1.54, 1.807) is 0 Å². The topological polar surface area (TPSA) is 30.0 Å². The van der Waals surface area contributed by atoms with E-state index in [1.165, 1.54) is 0 Å². The lowest BCUT2D eigenvalue weighted by Crippen LogP contribution is -1.92. The Morgan fingerprint density at radius 1 is 1.58 bits per heavy atom. The highest BCUT2D eigenvalue weighted by molar-refractivity contribution is 9.10. The van der Waals surface area contributed by atoms with Crippen molar-refractivity contribution >= 4 is 22.2 Å². The number of hydrogen-bond donors (Lipinski definition) is 0. The number of nitrogens with zero attached hydrogens (tertiary/aromatic N) is 1. The summed E-state index contributed by atoms with van der Waals surface area (Å²) in [4.78, 5) is 13.9. The second-order valence-corrected chi connectivity index (χ2v) is 2.82. The number of hydrogen-bond acceptors (Lipinski definition) is 2. The monoisotopic (exact) mass is 235 g/mol. The number of pyridine rings is 1. The fourth-order valence-electron chi connectivity index (χ4n) is 0.684. The summed E-state index contributed by atoms with van der Waals surface area (Å²) in [6.45, 7) is 0. The lowest BCUT2D eigenvalue weighted by molar-refractivity contribution is 0.112. The van der Waals surface area contributed by atoms with Crippen LogP contribution in [0, 0.1) is 0 Å². The third-order valence-electron chi connectivity index (χ3n) is 1.27. The molecule has 0 aliphatic heterocycles. The maximum Gasteiger partial charge on any atom is 0.265 e. The van der Waals surface area contributed by atoms with Gasteiger partial charge in [0, 0.05) is 17.3 Å². The average molecular weight is 236 g/mol. The third kappa shape index (κ3) is 1.85. The Morgan fingerprint density at radius 2 is 2.25 bits per heavy atom. The van der Waals surface area contributed by atoms with Gasteiger partial charge in [-0.05, 0) is 22.0 Å². The first-order valence-corrected chi connectivity index (χ1v) is 3.83. The van der Waals surface area contributed by atoms with Gasteiger partial charge in [-0.2, -0.15) is 0 Å². The van der Waals surface area contributed by atoms with Gasteiger partial charge in [-0.3, -0.25) is 4.79 Å². The number of rotatable bonds is 2. The van der Waals surface area contributed by atoms with Gasteiger partial charge in [0.05, 0.1) is 0 Å². The molecule has 0 bridgehead atoms. The first-order chi connectivity index (χ1) is 5.65. The summed E-state index contributed by atoms with van der Waals surface area (Å²) in [7, 11) is 0. The van der Waals surface area contributed by atoms with Crippen molar-refractivity contribution in [2.45, 2.75) is 6.43 Å². The standard InChI is InChI=1S/C7H4BrF2NO/c8-6-5(3-12)1-4(2-11-6)7(9)10/h1-3,7H. The minimum atomic E-state index is -2.59. The number of carbonyl (C=O) groups excluding carboxylic acids is 1. The van der Waals surface area contributed by atoms with E-state index in [2.05, 4.69) is 20.9 Å². The van der Waals surface area contributed by atoms with Crippen molar-refractivity contribution in [2.24, 2.45) is 0 Å². The molecule has 0 N–H and O–H groups in total. The van der Waals surface area contributed by atoms with Crippen molar-refractivity contribution in [2.75, 3.05) is 0 Å². The fraction of sp³-hybridized carbons (Fsp3) is 0.143. The predicted molar refractivity (Wildman–Crippen MR) is 42.3 cm³/mol. The molecule has 0 aliphatic rings. The maximum absolute atomic E-state index is 12.0. The first-order valence-electron chi connectivity index (χ1n) is 3.04. The molecule has 1 aromatic heterocycles. The lowest BCUT2D eigenvalue weighted by Gasteiger charge is -2.00. The summed E-state index contributed by atoms with van der Waals surface area (Å²) in [5.41, 5.74) is -0.117. The number of aldehydes is 1. The highest BCUT2D eigenvalue weighted by Gasteiger charge is 2.09. The molecule has 0 saturated carbocycles. The molecule has 0 aliphatic carbocycles. The van der Waals surface area contributed by atoms with E-state index in [1.807, 2.05) is 0 Å². The molecule has 0 atom stereocenters. The van der Waals surface area contributed by atoms with Gasteiger partial charge in [0.2, 0.25) is 0 Å². The molecule has 0 radical (unpaired) electrons. The molecule has 0 spiro atoms. The molecule has 0 unspecified atom stereocenters. The van der Waals surface area contributed by atoms with E-state index in [0.29, 0.717) is 6.29 Å². The van der Waals surface area contributed by atoms with Crippen molar-refractivity contribution in [1.82, 2.24) is 4.98 Å². The van der Waals surface area contributed by atoms with Gasteiger partial charge in [-0.1, -0.05) is 0 Å². The molecule has 12 heavy (non-hydrogen) atoms. The van der Waals surface area contributed by atoms with Gasteiger partial charge in [0.15, 0.2) is 6.29 Å². The molecule has 1 heterocycles. The molecule has 0 amide bonds. The number of alkyl halides is 2. The van der Waals surface area contributed by atoms with Crippen LogP contribution < -0.4 is 0 Å². The van der Waals surface area contributed by atoms with Crippen LogP contribution in [0.25, 0.3) is 0 Å². The molecule has 1 aromatic rings. The second-order valence-electron chi connectivity index (χ2n) is 2.07. The molecule has 0 fully saturated rings. The van der Waals surface area contributed by atoms with Gasteiger partial charge in [-0.25, -0.2) is 13.8 Å². The van der Waals surface area contributed by atoms with Crippen LogP contribution in [0.4, 0.5) is 8.78 Å². The lowest BCUT2D eigenvalue weighted by atomic mass is 10.2. The summed E-state index contributed by atoms with van der Waals surface area (Å²) in [6, 6.07) is 1.11. The van der Waals surface area contributed by atoms with Crippen molar-refractivity contribution in [3.05, 3.63) is 28.0 Å². The van der Waals surface area contributed by atoms with Crippen LogP contribution in [0.15, 0.2) is 16.9 Å². The van der Waals surface area contributed by atoms with Crippen LogP contribution in [-0.2, 0) is 0 Å². The summed E-state index contributed by atoms with van der Waals surface area (Å²) < 4.78 is 24.4. The zero-order valence-electron chi connectivity index (χ0n) is 5.80.